The van der Waals surface area contributed by atoms with E-state index in [1.807, 2.05) is 24.3 Å². The smallest absolute Gasteiger partial charge is 0.334 e. The number of nitrogens with zero attached hydrogens (tertiary/aromatic N) is 5. The maximum Gasteiger partial charge on any atom is 0.334 e. The minimum Gasteiger partial charge on any atom is -0.373 e. The summed E-state index contributed by atoms with van der Waals surface area (Å²) in [6, 6.07) is 10.4. The number of fused-ring (bicyclic) bond motifs is 1. The van der Waals surface area contributed by atoms with E-state index in [-0.39, 0.29) is 29.9 Å². The van der Waals surface area contributed by atoms with Crippen molar-refractivity contribution in [3.05, 3.63) is 91.9 Å². The highest BCUT2D eigenvalue weighted by atomic mass is 35.5. The fraction of sp³-hybridized carbons (Fsp3) is 0.250. The van der Waals surface area contributed by atoms with Gasteiger partial charge in [0.1, 0.15) is 12.2 Å². The van der Waals surface area contributed by atoms with E-state index in [4.69, 9.17) is 20.9 Å². The molecule has 4 aromatic rings. The molecule has 9 nitrogen and oxygen atoms in total. The highest BCUT2D eigenvalue weighted by molar-refractivity contribution is 6.30. The Morgan fingerprint density at radius 1 is 1.07 bits per heavy atom. The second-order valence-electron chi connectivity index (χ2n) is 7.07. The van der Waals surface area contributed by atoms with Crippen molar-refractivity contribution in [2.75, 3.05) is 6.61 Å². The zero-order valence-corrected chi connectivity index (χ0v) is 16.4. The van der Waals surface area contributed by atoms with Gasteiger partial charge in [-0.15, -0.1) is 0 Å². The van der Waals surface area contributed by atoms with Gasteiger partial charge >= 0.3 is 5.69 Å². The third-order valence-corrected chi connectivity index (χ3v) is 5.34. The van der Waals surface area contributed by atoms with Crippen LogP contribution in [0, 0.1) is 0 Å². The molecule has 1 saturated heterocycles. The van der Waals surface area contributed by atoms with Crippen molar-refractivity contribution in [2.24, 2.45) is 0 Å². The van der Waals surface area contributed by atoms with E-state index in [2.05, 4.69) is 15.1 Å². The van der Waals surface area contributed by atoms with E-state index in [1.165, 1.54) is 21.2 Å². The van der Waals surface area contributed by atoms with E-state index >= 15 is 0 Å². The molecule has 1 fully saturated rings. The van der Waals surface area contributed by atoms with Crippen LogP contribution in [0.4, 0.5) is 0 Å². The van der Waals surface area contributed by atoms with Gasteiger partial charge in [-0.05, 0) is 30.2 Å². The Morgan fingerprint density at radius 2 is 1.90 bits per heavy atom. The van der Waals surface area contributed by atoms with Gasteiger partial charge in [0.15, 0.2) is 5.82 Å². The van der Waals surface area contributed by atoms with Crippen LogP contribution in [0.3, 0.4) is 0 Å². The summed E-state index contributed by atoms with van der Waals surface area (Å²) < 4.78 is 14.0. The summed E-state index contributed by atoms with van der Waals surface area (Å²) in [4.78, 5) is 32.2. The first-order chi connectivity index (χ1) is 14.6. The van der Waals surface area contributed by atoms with Crippen LogP contribution in [-0.2, 0) is 11.3 Å². The maximum atomic E-state index is 12.6. The normalized spacial score (nSPS) is 18.8. The Kier molecular flexibility index (Phi) is 4.68. The van der Waals surface area contributed by atoms with Gasteiger partial charge in [0.2, 0.25) is 5.89 Å². The number of halogens is 1. The van der Waals surface area contributed by atoms with Crippen molar-refractivity contribution in [2.45, 2.75) is 25.0 Å². The first-order valence-electron chi connectivity index (χ1n) is 9.35. The van der Waals surface area contributed by atoms with Crippen LogP contribution in [-0.4, -0.2) is 30.7 Å². The van der Waals surface area contributed by atoms with Crippen LogP contribution in [0.2, 0.25) is 5.02 Å². The van der Waals surface area contributed by atoms with E-state index in [0.717, 1.165) is 12.0 Å². The van der Waals surface area contributed by atoms with Crippen LogP contribution in [0.25, 0.3) is 5.65 Å². The van der Waals surface area contributed by atoms with Gasteiger partial charge in [-0.2, -0.15) is 9.97 Å². The van der Waals surface area contributed by atoms with Gasteiger partial charge in [-0.1, -0.05) is 28.9 Å². The predicted octanol–water partition coefficient (Wildman–Crippen LogP) is 2.19. The molecular formula is C20H16ClN5O4. The Labute approximate surface area is 174 Å². The van der Waals surface area contributed by atoms with Crippen molar-refractivity contribution < 1.29 is 9.26 Å². The maximum absolute atomic E-state index is 12.6. The molecular weight excluding hydrogens is 410 g/mol. The molecule has 4 heterocycles. The molecule has 3 aromatic heterocycles. The number of aromatic nitrogens is 5. The number of hydrogen-bond acceptors (Lipinski definition) is 7. The monoisotopic (exact) mass is 425 g/mol. The number of ether oxygens (including phenoxy) is 1. The summed E-state index contributed by atoms with van der Waals surface area (Å²) in [6.07, 6.45) is 3.63. The molecule has 2 atom stereocenters. The minimum absolute atomic E-state index is 0.00514. The van der Waals surface area contributed by atoms with Crippen molar-refractivity contribution in [3.8, 4) is 0 Å². The van der Waals surface area contributed by atoms with E-state index < -0.39 is 5.56 Å². The lowest BCUT2D eigenvalue weighted by Gasteiger charge is -2.09. The molecule has 0 radical (unpaired) electrons. The van der Waals surface area contributed by atoms with Crippen molar-refractivity contribution in [3.63, 3.8) is 0 Å². The number of hydrogen-bond donors (Lipinski definition) is 0. The lowest BCUT2D eigenvalue weighted by Crippen LogP contribution is -2.28. The third-order valence-electron chi connectivity index (χ3n) is 5.09. The second kappa shape index (κ2) is 7.51. The first kappa shape index (κ1) is 18.7. The first-order valence-corrected chi connectivity index (χ1v) is 9.73. The molecule has 0 aliphatic carbocycles. The summed E-state index contributed by atoms with van der Waals surface area (Å²) in [6.45, 7) is 0.601. The van der Waals surface area contributed by atoms with E-state index in [1.54, 1.807) is 12.3 Å². The van der Waals surface area contributed by atoms with E-state index in [0.29, 0.717) is 23.3 Å². The molecule has 1 aliphatic heterocycles. The molecule has 10 heteroatoms. The molecule has 1 aliphatic rings. The average molecular weight is 426 g/mol. The number of rotatable bonds is 4. The summed E-state index contributed by atoms with van der Waals surface area (Å²) in [5.74, 6) is 0.876. The summed E-state index contributed by atoms with van der Waals surface area (Å²) in [5.41, 5.74) is 0.586. The van der Waals surface area contributed by atoms with Gasteiger partial charge in [0.05, 0.1) is 12.7 Å². The number of benzene rings is 1. The SMILES string of the molecule is O=c1ccn2c(=O)n(Cc3nc(C4COC(c5ccc(Cl)cc5)C4)no3)ccc2n1. The van der Waals surface area contributed by atoms with Gasteiger partial charge in [-0.3, -0.25) is 13.8 Å². The highest BCUT2D eigenvalue weighted by Gasteiger charge is 2.31. The fourth-order valence-corrected chi connectivity index (χ4v) is 3.66. The molecule has 0 spiro atoms. The molecule has 0 amide bonds. The molecule has 152 valence electrons. The lowest BCUT2D eigenvalue weighted by atomic mass is 10.0. The summed E-state index contributed by atoms with van der Waals surface area (Å²) >= 11 is 5.95. The Bertz CT molecular complexity index is 1330. The van der Waals surface area contributed by atoms with Crippen LogP contribution >= 0.6 is 11.6 Å². The zero-order chi connectivity index (χ0) is 20.7. The van der Waals surface area contributed by atoms with Crippen molar-refractivity contribution in [1.82, 2.24) is 24.1 Å². The predicted molar refractivity (Wildman–Crippen MR) is 107 cm³/mol. The quantitative estimate of drug-likeness (QED) is 0.493. The lowest BCUT2D eigenvalue weighted by molar-refractivity contribution is 0.110. The van der Waals surface area contributed by atoms with Gasteiger partial charge < -0.3 is 9.26 Å². The molecule has 2 unspecified atom stereocenters. The standard InChI is InChI=1S/C20H16ClN5O4/c21-14-3-1-12(2-4-14)15-9-13(11-29-15)19-23-18(30-24-19)10-25-7-5-16-22-17(27)6-8-26(16)20(25)28/h1-8,13,15H,9-11H2. The molecule has 5 rings (SSSR count). The molecule has 30 heavy (non-hydrogen) atoms. The largest absolute Gasteiger partial charge is 0.373 e. The van der Waals surface area contributed by atoms with Crippen LogP contribution in [0.15, 0.2) is 62.9 Å². The van der Waals surface area contributed by atoms with Crippen LogP contribution < -0.4 is 11.2 Å². The summed E-state index contributed by atoms with van der Waals surface area (Å²) in [7, 11) is 0. The Balaban J connectivity index is 1.33. The average Bonchev–Trinajstić information content (AvgIpc) is 3.40. The minimum atomic E-state index is -0.399. The third kappa shape index (κ3) is 3.53. The fourth-order valence-electron chi connectivity index (χ4n) is 3.54. The highest BCUT2D eigenvalue weighted by Crippen LogP contribution is 2.37. The zero-order valence-electron chi connectivity index (χ0n) is 15.6. The molecule has 0 saturated carbocycles. The Morgan fingerprint density at radius 3 is 2.73 bits per heavy atom. The molecule has 1 aromatic carbocycles. The molecule has 0 bridgehead atoms. The second-order valence-corrected chi connectivity index (χ2v) is 7.51. The van der Waals surface area contributed by atoms with Crippen molar-refractivity contribution >= 4 is 17.2 Å². The Hall–Kier alpha value is -3.30. The van der Waals surface area contributed by atoms with Crippen LogP contribution in [0.1, 0.15) is 35.7 Å². The topological polar surface area (TPSA) is 105 Å². The molecule has 0 N–H and O–H groups in total. The van der Waals surface area contributed by atoms with Crippen LogP contribution in [0.5, 0.6) is 0 Å². The van der Waals surface area contributed by atoms with Crippen molar-refractivity contribution in [1.29, 1.82) is 0 Å². The summed E-state index contributed by atoms with van der Waals surface area (Å²) in [5, 5.41) is 4.76. The van der Waals surface area contributed by atoms with Gasteiger partial charge in [0, 0.05) is 29.4 Å². The van der Waals surface area contributed by atoms with Gasteiger partial charge in [0.25, 0.3) is 5.56 Å². The van der Waals surface area contributed by atoms with E-state index in [9.17, 15) is 9.59 Å². The van der Waals surface area contributed by atoms with Gasteiger partial charge in [-0.25, -0.2) is 4.79 Å².